The van der Waals surface area contributed by atoms with Gasteiger partial charge in [0, 0.05) is 31.1 Å². The first-order chi connectivity index (χ1) is 10.3. The van der Waals surface area contributed by atoms with Gasteiger partial charge in [0.1, 0.15) is 0 Å². The SMILES string of the molecule is O=C(N[C@@H]1CCNC1)N1CCC2(CCc3ccccc32)C1. The number of nitrogens with one attached hydrogen (secondary N) is 2. The molecular formula is C17H23N3O. The third kappa shape index (κ3) is 2.22. The fourth-order valence-electron chi connectivity index (χ4n) is 4.28. The van der Waals surface area contributed by atoms with Gasteiger partial charge in [0.05, 0.1) is 0 Å². The van der Waals surface area contributed by atoms with Gasteiger partial charge in [0.25, 0.3) is 0 Å². The molecule has 0 radical (unpaired) electrons. The second kappa shape index (κ2) is 5.02. The fraction of sp³-hybridized carbons (Fsp3) is 0.588. The van der Waals surface area contributed by atoms with Crippen LogP contribution in [0.4, 0.5) is 4.79 Å². The quantitative estimate of drug-likeness (QED) is 0.824. The van der Waals surface area contributed by atoms with E-state index in [2.05, 4.69) is 34.9 Å². The van der Waals surface area contributed by atoms with E-state index in [-0.39, 0.29) is 11.4 Å². The molecule has 21 heavy (non-hydrogen) atoms. The topological polar surface area (TPSA) is 44.4 Å². The van der Waals surface area contributed by atoms with E-state index in [1.54, 1.807) is 0 Å². The molecule has 2 saturated heterocycles. The van der Waals surface area contributed by atoms with Crippen LogP contribution >= 0.6 is 0 Å². The Kier molecular flexibility index (Phi) is 3.14. The Morgan fingerprint density at radius 3 is 3.10 bits per heavy atom. The third-order valence-electron chi connectivity index (χ3n) is 5.49. The van der Waals surface area contributed by atoms with Crippen LogP contribution in [0, 0.1) is 0 Å². The van der Waals surface area contributed by atoms with E-state index in [0.717, 1.165) is 45.4 Å². The first kappa shape index (κ1) is 13.1. The molecule has 1 aromatic rings. The molecule has 2 aliphatic heterocycles. The highest BCUT2D eigenvalue weighted by molar-refractivity contribution is 5.75. The number of nitrogens with zero attached hydrogens (tertiary/aromatic N) is 1. The van der Waals surface area contributed by atoms with Gasteiger partial charge in [-0.05, 0) is 43.4 Å². The highest BCUT2D eigenvalue weighted by Crippen LogP contribution is 2.45. The molecule has 1 aliphatic carbocycles. The number of benzene rings is 1. The van der Waals surface area contributed by atoms with Crippen LogP contribution in [0.2, 0.25) is 0 Å². The maximum absolute atomic E-state index is 12.4. The Morgan fingerprint density at radius 2 is 2.24 bits per heavy atom. The zero-order valence-corrected chi connectivity index (χ0v) is 12.4. The van der Waals surface area contributed by atoms with Gasteiger partial charge in [0.15, 0.2) is 0 Å². The van der Waals surface area contributed by atoms with Crippen molar-refractivity contribution in [2.24, 2.45) is 0 Å². The monoisotopic (exact) mass is 285 g/mol. The Bertz CT molecular complexity index is 553. The lowest BCUT2D eigenvalue weighted by Gasteiger charge is -2.26. The van der Waals surface area contributed by atoms with Crippen molar-refractivity contribution in [3.8, 4) is 0 Å². The molecule has 1 unspecified atom stereocenters. The summed E-state index contributed by atoms with van der Waals surface area (Å²) >= 11 is 0. The van der Waals surface area contributed by atoms with Gasteiger partial charge in [-0.25, -0.2) is 4.79 Å². The Balaban J connectivity index is 1.46. The van der Waals surface area contributed by atoms with Crippen LogP contribution in [-0.2, 0) is 11.8 Å². The van der Waals surface area contributed by atoms with Crippen molar-refractivity contribution in [3.05, 3.63) is 35.4 Å². The van der Waals surface area contributed by atoms with Crippen molar-refractivity contribution < 1.29 is 4.79 Å². The molecule has 112 valence electrons. The number of hydrogen-bond donors (Lipinski definition) is 2. The highest BCUT2D eigenvalue weighted by Gasteiger charge is 2.45. The number of carbonyl (C=O) groups excluding carboxylic acids is 1. The predicted octanol–water partition coefficient (Wildman–Crippen LogP) is 1.65. The van der Waals surface area contributed by atoms with Gasteiger partial charge >= 0.3 is 6.03 Å². The van der Waals surface area contributed by atoms with Crippen molar-refractivity contribution in [2.45, 2.75) is 37.1 Å². The number of likely N-dealkylation sites (tertiary alicyclic amines) is 1. The molecule has 1 aromatic carbocycles. The minimum atomic E-state index is 0.130. The molecule has 2 fully saturated rings. The van der Waals surface area contributed by atoms with Gasteiger partial charge in [-0.15, -0.1) is 0 Å². The van der Waals surface area contributed by atoms with Crippen LogP contribution in [0.3, 0.4) is 0 Å². The summed E-state index contributed by atoms with van der Waals surface area (Å²) in [5.74, 6) is 0. The molecule has 2 heterocycles. The molecule has 2 N–H and O–H groups in total. The molecule has 0 aromatic heterocycles. The summed E-state index contributed by atoms with van der Waals surface area (Å²) in [5, 5.41) is 6.47. The van der Waals surface area contributed by atoms with Crippen LogP contribution in [0.1, 0.15) is 30.4 Å². The average Bonchev–Trinajstić information content (AvgIpc) is 3.22. The van der Waals surface area contributed by atoms with E-state index >= 15 is 0 Å². The molecule has 3 aliphatic rings. The smallest absolute Gasteiger partial charge is 0.317 e. The van der Waals surface area contributed by atoms with Crippen LogP contribution in [0.25, 0.3) is 0 Å². The average molecular weight is 285 g/mol. The van der Waals surface area contributed by atoms with E-state index in [4.69, 9.17) is 0 Å². The summed E-state index contributed by atoms with van der Waals surface area (Å²) in [6.07, 6.45) is 4.52. The Morgan fingerprint density at radius 1 is 1.33 bits per heavy atom. The first-order valence-electron chi connectivity index (χ1n) is 8.11. The summed E-state index contributed by atoms with van der Waals surface area (Å²) in [6.45, 7) is 3.70. The minimum Gasteiger partial charge on any atom is -0.334 e. The summed E-state index contributed by atoms with van der Waals surface area (Å²) < 4.78 is 0. The number of aryl methyl sites for hydroxylation is 1. The zero-order valence-electron chi connectivity index (χ0n) is 12.4. The van der Waals surface area contributed by atoms with E-state index in [1.165, 1.54) is 17.5 Å². The van der Waals surface area contributed by atoms with Crippen molar-refractivity contribution in [1.82, 2.24) is 15.5 Å². The number of urea groups is 1. The van der Waals surface area contributed by atoms with Crippen molar-refractivity contribution in [1.29, 1.82) is 0 Å². The molecule has 0 bridgehead atoms. The van der Waals surface area contributed by atoms with Gasteiger partial charge in [-0.1, -0.05) is 24.3 Å². The normalized spacial score (nSPS) is 30.9. The standard InChI is InChI=1S/C17H23N3O/c21-16(19-14-6-9-18-11-14)20-10-8-17(12-20)7-5-13-3-1-2-4-15(13)17/h1-4,14,18H,5-12H2,(H,19,21)/t14-,17?/m1/s1. The molecule has 0 saturated carbocycles. The largest absolute Gasteiger partial charge is 0.334 e. The number of fused-ring (bicyclic) bond motifs is 2. The lowest BCUT2D eigenvalue weighted by Crippen LogP contribution is -2.45. The number of carbonyl (C=O) groups is 1. The van der Waals surface area contributed by atoms with Crippen molar-refractivity contribution in [2.75, 3.05) is 26.2 Å². The van der Waals surface area contributed by atoms with Gasteiger partial charge in [-0.3, -0.25) is 0 Å². The highest BCUT2D eigenvalue weighted by atomic mass is 16.2. The molecule has 2 atom stereocenters. The molecule has 1 spiro atoms. The fourth-order valence-corrected chi connectivity index (χ4v) is 4.28. The summed E-state index contributed by atoms with van der Waals surface area (Å²) in [6, 6.07) is 9.22. The van der Waals surface area contributed by atoms with Gasteiger partial charge < -0.3 is 15.5 Å². The van der Waals surface area contributed by atoms with Crippen LogP contribution in [-0.4, -0.2) is 43.2 Å². The minimum absolute atomic E-state index is 0.130. The maximum atomic E-state index is 12.4. The second-order valence-corrected chi connectivity index (χ2v) is 6.75. The van der Waals surface area contributed by atoms with E-state index < -0.39 is 0 Å². The molecule has 2 amide bonds. The Labute approximate surface area is 125 Å². The van der Waals surface area contributed by atoms with Crippen LogP contribution in [0.15, 0.2) is 24.3 Å². The van der Waals surface area contributed by atoms with E-state index in [0.29, 0.717) is 6.04 Å². The lowest BCUT2D eigenvalue weighted by atomic mass is 9.81. The number of rotatable bonds is 1. The van der Waals surface area contributed by atoms with Gasteiger partial charge in [0.2, 0.25) is 0 Å². The molecule has 4 heteroatoms. The summed E-state index contributed by atoms with van der Waals surface area (Å²) in [5.41, 5.74) is 3.20. The predicted molar refractivity (Wildman–Crippen MR) is 82.4 cm³/mol. The van der Waals surface area contributed by atoms with Gasteiger partial charge in [-0.2, -0.15) is 0 Å². The molecule has 4 rings (SSSR count). The third-order valence-corrected chi connectivity index (χ3v) is 5.49. The summed E-state index contributed by atoms with van der Waals surface area (Å²) in [4.78, 5) is 14.5. The Hall–Kier alpha value is -1.55. The molecular weight excluding hydrogens is 262 g/mol. The van der Waals surface area contributed by atoms with Crippen LogP contribution in [0.5, 0.6) is 0 Å². The second-order valence-electron chi connectivity index (χ2n) is 6.75. The maximum Gasteiger partial charge on any atom is 0.317 e. The van der Waals surface area contributed by atoms with E-state index in [9.17, 15) is 4.79 Å². The summed E-state index contributed by atoms with van der Waals surface area (Å²) in [7, 11) is 0. The first-order valence-corrected chi connectivity index (χ1v) is 8.11. The lowest BCUT2D eigenvalue weighted by molar-refractivity contribution is 0.202. The molecule has 4 nitrogen and oxygen atoms in total. The van der Waals surface area contributed by atoms with Crippen LogP contribution < -0.4 is 10.6 Å². The van der Waals surface area contributed by atoms with E-state index in [1.807, 2.05) is 4.90 Å². The van der Waals surface area contributed by atoms with Crippen molar-refractivity contribution in [3.63, 3.8) is 0 Å². The van der Waals surface area contributed by atoms with Crippen molar-refractivity contribution >= 4 is 6.03 Å². The zero-order chi connectivity index (χ0) is 14.3. The number of amides is 2. The number of hydrogen-bond acceptors (Lipinski definition) is 2.